The molecule has 0 radical (unpaired) electrons. The topological polar surface area (TPSA) is 43.1 Å². The van der Waals surface area contributed by atoms with Gasteiger partial charge in [0.15, 0.2) is 5.82 Å². The highest BCUT2D eigenvalue weighted by molar-refractivity contribution is 7.15. The fraction of sp³-hybridized carbons (Fsp3) is 0.188. The van der Waals surface area contributed by atoms with E-state index >= 15 is 0 Å². The molecule has 104 valence electrons. The molecular formula is C16H14N4S. The summed E-state index contributed by atoms with van der Waals surface area (Å²) in [7, 11) is 0. The number of nitrogens with zero attached hydrogens (tertiary/aromatic N) is 4. The number of rotatable bonds is 2. The van der Waals surface area contributed by atoms with Gasteiger partial charge in [0.25, 0.3) is 0 Å². The molecule has 0 fully saturated rings. The van der Waals surface area contributed by atoms with Gasteiger partial charge in [-0.3, -0.25) is 9.56 Å². The molecule has 4 rings (SSSR count). The maximum absolute atomic E-state index is 4.80. The molecule has 4 nitrogen and oxygen atoms in total. The summed E-state index contributed by atoms with van der Waals surface area (Å²) in [6, 6.07) is 12.6. The highest BCUT2D eigenvalue weighted by atomic mass is 32.1. The number of hydrogen-bond donors (Lipinski definition) is 0. The van der Waals surface area contributed by atoms with Crippen molar-refractivity contribution in [3.8, 4) is 5.00 Å². The summed E-state index contributed by atoms with van der Waals surface area (Å²) < 4.78 is 2.07. The Balaban J connectivity index is 1.96. The van der Waals surface area contributed by atoms with Crippen LogP contribution in [0.1, 0.15) is 28.8 Å². The number of fused-ring (bicyclic) bond motifs is 3. The van der Waals surface area contributed by atoms with Crippen molar-refractivity contribution >= 4 is 17.0 Å². The number of aryl methyl sites for hydroxylation is 1. The van der Waals surface area contributed by atoms with E-state index in [1.54, 1.807) is 17.7 Å². The van der Waals surface area contributed by atoms with Gasteiger partial charge in [0.1, 0.15) is 17.9 Å². The summed E-state index contributed by atoms with van der Waals surface area (Å²) in [6.07, 6.45) is 2.81. The lowest BCUT2D eigenvalue weighted by molar-refractivity contribution is 0.876. The van der Waals surface area contributed by atoms with Crippen LogP contribution in [-0.4, -0.2) is 20.5 Å². The zero-order valence-electron chi connectivity index (χ0n) is 11.7. The molecule has 0 amide bonds. The van der Waals surface area contributed by atoms with Crippen LogP contribution in [0, 0.1) is 0 Å². The van der Waals surface area contributed by atoms with E-state index in [-0.39, 0.29) is 0 Å². The van der Waals surface area contributed by atoms with Gasteiger partial charge in [0, 0.05) is 16.0 Å². The molecule has 0 aliphatic carbocycles. The maximum Gasteiger partial charge on any atom is 0.159 e. The minimum Gasteiger partial charge on any atom is -0.276 e. The molecule has 1 aliphatic heterocycles. The van der Waals surface area contributed by atoms with Gasteiger partial charge >= 0.3 is 0 Å². The van der Waals surface area contributed by atoms with Crippen molar-refractivity contribution in [2.45, 2.75) is 19.9 Å². The molecular weight excluding hydrogens is 280 g/mol. The molecule has 3 heterocycles. The third kappa shape index (κ3) is 2.01. The van der Waals surface area contributed by atoms with Crippen LogP contribution in [0.2, 0.25) is 0 Å². The second-order valence-electron chi connectivity index (χ2n) is 4.93. The Bertz CT molecular complexity index is 814. The van der Waals surface area contributed by atoms with Crippen molar-refractivity contribution in [1.29, 1.82) is 0 Å². The second-order valence-corrected chi connectivity index (χ2v) is 6.05. The predicted octanol–water partition coefficient (Wildman–Crippen LogP) is 3.24. The summed E-state index contributed by atoms with van der Waals surface area (Å²) in [5.74, 6) is 0.895. The summed E-state index contributed by atoms with van der Waals surface area (Å²) >= 11 is 1.80. The Kier molecular flexibility index (Phi) is 2.93. The quantitative estimate of drug-likeness (QED) is 0.728. The van der Waals surface area contributed by atoms with E-state index in [0.717, 1.165) is 23.5 Å². The molecule has 3 aromatic rings. The van der Waals surface area contributed by atoms with Crippen molar-refractivity contribution in [3.63, 3.8) is 0 Å². The van der Waals surface area contributed by atoms with Gasteiger partial charge in [-0.1, -0.05) is 37.3 Å². The highest BCUT2D eigenvalue weighted by Gasteiger charge is 2.22. The first-order valence-electron chi connectivity index (χ1n) is 6.99. The van der Waals surface area contributed by atoms with Crippen LogP contribution in [0.25, 0.3) is 5.00 Å². The number of aromatic nitrogens is 3. The van der Waals surface area contributed by atoms with E-state index in [9.17, 15) is 0 Å². The minimum absolute atomic E-state index is 0.563. The van der Waals surface area contributed by atoms with E-state index in [1.165, 1.54) is 15.4 Å². The molecule has 5 heteroatoms. The third-order valence-electron chi connectivity index (χ3n) is 3.63. The smallest absolute Gasteiger partial charge is 0.159 e. The van der Waals surface area contributed by atoms with Crippen LogP contribution in [0.4, 0.5) is 0 Å². The fourth-order valence-corrected chi connectivity index (χ4v) is 3.65. The summed E-state index contributed by atoms with van der Waals surface area (Å²) in [5, 5.41) is 9.39. The largest absolute Gasteiger partial charge is 0.276 e. The molecule has 0 atom stereocenters. The van der Waals surface area contributed by atoms with Crippen LogP contribution in [-0.2, 0) is 13.0 Å². The molecule has 0 saturated heterocycles. The van der Waals surface area contributed by atoms with Gasteiger partial charge in [0.2, 0.25) is 0 Å². The van der Waals surface area contributed by atoms with Crippen LogP contribution < -0.4 is 0 Å². The Morgan fingerprint density at radius 3 is 2.90 bits per heavy atom. The van der Waals surface area contributed by atoms with Crippen LogP contribution in [0.5, 0.6) is 0 Å². The Morgan fingerprint density at radius 1 is 1.24 bits per heavy atom. The lowest BCUT2D eigenvalue weighted by Crippen LogP contribution is -2.03. The number of aliphatic imine (C=N–C) groups is 1. The molecule has 1 aliphatic rings. The molecule has 0 unspecified atom stereocenters. The maximum atomic E-state index is 4.80. The summed E-state index contributed by atoms with van der Waals surface area (Å²) in [4.78, 5) is 6.15. The first-order valence-corrected chi connectivity index (χ1v) is 7.80. The molecule has 21 heavy (non-hydrogen) atoms. The second kappa shape index (κ2) is 4.93. The molecule has 0 spiro atoms. The molecule has 0 bridgehead atoms. The Morgan fingerprint density at radius 2 is 2.10 bits per heavy atom. The first kappa shape index (κ1) is 12.5. The van der Waals surface area contributed by atoms with Gasteiger partial charge in [-0.15, -0.1) is 21.5 Å². The first-order chi connectivity index (χ1) is 10.4. The van der Waals surface area contributed by atoms with Gasteiger partial charge in [-0.2, -0.15) is 0 Å². The van der Waals surface area contributed by atoms with Crippen molar-refractivity contribution in [2.24, 2.45) is 4.99 Å². The van der Waals surface area contributed by atoms with Crippen LogP contribution in [0.15, 0.2) is 47.7 Å². The van der Waals surface area contributed by atoms with Gasteiger partial charge in [-0.05, 0) is 12.5 Å². The van der Waals surface area contributed by atoms with E-state index in [2.05, 4.69) is 52.0 Å². The van der Waals surface area contributed by atoms with Crippen LogP contribution >= 0.6 is 11.3 Å². The van der Waals surface area contributed by atoms with Crippen molar-refractivity contribution in [2.75, 3.05) is 0 Å². The number of benzene rings is 1. The number of hydrogen-bond acceptors (Lipinski definition) is 4. The monoisotopic (exact) mass is 294 g/mol. The van der Waals surface area contributed by atoms with Crippen LogP contribution in [0.3, 0.4) is 0 Å². The predicted molar refractivity (Wildman–Crippen MR) is 84.4 cm³/mol. The van der Waals surface area contributed by atoms with Crippen molar-refractivity contribution in [1.82, 2.24) is 14.8 Å². The third-order valence-corrected chi connectivity index (χ3v) is 4.91. The fourth-order valence-electron chi connectivity index (χ4n) is 2.57. The molecule has 2 aromatic heterocycles. The zero-order chi connectivity index (χ0) is 14.2. The molecule has 0 saturated carbocycles. The normalized spacial score (nSPS) is 13.3. The highest BCUT2D eigenvalue weighted by Crippen LogP contribution is 2.32. The Labute approximate surface area is 126 Å². The number of thiophene rings is 1. The van der Waals surface area contributed by atoms with Gasteiger partial charge < -0.3 is 0 Å². The molecule has 0 N–H and O–H groups in total. The average molecular weight is 294 g/mol. The summed E-state index contributed by atoms with van der Waals surface area (Å²) in [5.41, 5.74) is 3.38. The lowest BCUT2D eigenvalue weighted by Gasteiger charge is -2.05. The zero-order valence-corrected chi connectivity index (χ0v) is 12.5. The van der Waals surface area contributed by atoms with E-state index in [4.69, 9.17) is 4.99 Å². The van der Waals surface area contributed by atoms with Gasteiger partial charge in [0.05, 0.1) is 5.71 Å². The molecule has 1 aromatic carbocycles. The van der Waals surface area contributed by atoms with Crippen molar-refractivity contribution < 1.29 is 0 Å². The SMILES string of the molecule is CCc1cc2c(s1)-n1cnnc1CN=C2c1ccccc1. The Hall–Kier alpha value is -2.27. The standard InChI is InChI=1S/C16H14N4S/c1-2-12-8-13-15(11-6-4-3-5-7-11)17-9-14-19-18-10-20(14)16(13)21-12/h3-8,10H,2,9H2,1H3. The van der Waals surface area contributed by atoms with Gasteiger partial charge in [-0.25, -0.2) is 0 Å². The van der Waals surface area contributed by atoms with Crippen molar-refractivity contribution in [3.05, 3.63) is 64.6 Å². The average Bonchev–Trinajstić information content (AvgIpc) is 3.13. The van der Waals surface area contributed by atoms with E-state index < -0.39 is 0 Å². The van der Waals surface area contributed by atoms with E-state index in [1.807, 2.05) is 6.07 Å². The summed E-state index contributed by atoms with van der Waals surface area (Å²) in [6.45, 7) is 2.74. The van der Waals surface area contributed by atoms with E-state index in [0.29, 0.717) is 6.54 Å². The minimum atomic E-state index is 0.563. The lowest BCUT2D eigenvalue weighted by atomic mass is 10.0.